The number of carbonyl (C=O) groups is 1. The van der Waals surface area contributed by atoms with Crippen molar-refractivity contribution in [3.8, 4) is 0 Å². The Balaban J connectivity index is 1.61. The molecule has 5 rings (SSSR count). The third-order valence-corrected chi connectivity index (χ3v) is 5.78. The second-order valence-corrected chi connectivity index (χ2v) is 6.97. The average Bonchev–Trinajstić information content (AvgIpc) is 3.21. The van der Waals surface area contributed by atoms with Crippen LogP contribution in [-0.4, -0.2) is 16.8 Å². The number of nitrogens with zero attached hydrogens (tertiary/aromatic N) is 1. The molecule has 4 unspecified atom stereocenters. The SMILES string of the molecule is O=C1c2ccccc2C2C3C=CC(C3)C2N1Cc1ccccc1. The van der Waals surface area contributed by atoms with Crippen LogP contribution in [0.15, 0.2) is 66.7 Å². The molecule has 1 saturated carbocycles. The van der Waals surface area contributed by atoms with E-state index >= 15 is 0 Å². The normalized spacial score (nSPS) is 30.4. The number of carbonyl (C=O) groups excluding carboxylic acids is 1. The van der Waals surface area contributed by atoms with Crippen LogP contribution in [-0.2, 0) is 6.54 Å². The molecule has 2 heteroatoms. The van der Waals surface area contributed by atoms with Gasteiger partial charge in [-0.05, 0) is 35.4 Å². The Morgan fingerprint density at radius 2 is 1.65 bits per heavy atom. The number of amides is 1. The van der Waals surface area contributed by atoms with Crippen LogP contribution in [0.5, 0.6) is 0 Å². The first-order valence-electron chi connectivity index (χ1n) is 8.45. The van der Waals surface area contributed by atoms with Crippen molar-refractivity contribution in [3.63, 3.8) is 0 Å². The summed E-state index contributed by atoms with van der Waals surface area (Å²) in [4.78, 5) is 15.3. The van der Waals surface area contributed by atoms with E-state index in [9.17, 15) is 4.79 Å². The van der Waals surface area contributed by atoms with E-state index in [-0.39, 0.29) is 5.91 Å². The van der Waals surface area contributed by atoms with Crippen molar-refractivity contribution in [2.75, 3.05) is 0 Å². The van der Waals surface area contributed by atoms with E-state index in [0.717, 1.165) is 5.56 Å². The Hall–Kier alpha value is -2.35. The number of rotatable bonds is 2. The fourth-order valence-corrected chi connectivity index (χ4v) is 4.87. The summed E-state index contributed by atoms with van der Waals surface area (Å²) in [6, 6.07) is 18.9. The van der Waals surface area contributed by atoms with Crippen molar-refractivity contribution in [2.24, 2.45) is 11.8 Å². The van der Waals surface area contributed by atoms with Crippen molar-refractivity contribution < 1.29 is 4.79 Å². The van der Waals surface area contributed by atoms with Gasteiger partial charge in [0.15, 0.2) is 0 Å². The zero-order valence-electron chi connectivity index (χ0n) is 12.9. The molecule has 0 spiro atoms. The predicted molar refractivity (Wildman–Crippen MR) is 90.0 cm³/mol. The van der Waals surface area contributed by atoms with Gasteiger partial charge in [-0.2, -0.15) is 0 Å². The maximum absolute atomic E-state index is 13.1. The first-order valence-corrected chi connectivity index (χ1v) is 8.45. The number of allylic oxidation sites excluding steroid dienone is 1. The minimum Gasteiger partial charge on any atom is -0.330 e. The van der Waals surface area contributed by atoms with Gasteiger partial charge in [0.25, 0.3) is 5.91 Å². The molecule has 4 atom stereocenters. The Bertz CT molecular complexity index is 794. The summed E-state index contributed by atoms with van der Waals surface area (Å²) in [7, 11) is 0. The molecule has 1 fully saturated rings. The smallest absolute Gasteiger partial charge is 0.254 e. The third-order valence-electron chi connectivity index (χ3n) is 5.78. The number of hydrogen-bond acceptors (Lipinski definition) is 1. The standard InChI is InChI=1S/C21H19NO/c23-21-18-9-5-4-8-17(18)19-15-10-11-16(12-15)20(19)22(21)13-14-6-2-1-3-7-14/h1-11,15-16,19-20H,12-13H2. The molecule has 0 radical (unpaired) electrons. The van der Waals surface area contributed by atoms with Gasteiger partial charge in [0.2, 0.25) is 0 Å². The minimum absolute atomic E-state index is 0.201. The molecule has 1 heterocycles. The van der Waals surface area contributed by atoms with E-state index in [4.69, 9.17) is 0 Å². The largest absolute Gasteiger partial charge is 0.330 e. The van der Waals surface area contributed by atoms with Gasteiger partial charge in [-0.15, -0.1) is 0 Å². The highest BCUT2D eigenvalue weighted by molar-refractivity contribution is 5.97. The maximum atomic E-state index is 13.1. The van der Waals surface area contributed by atoms with Crippen LogP contribution in [0.4, 0.5) is 0 Å². The van der Waals surface area contributed by atoms with Crippen LogP contribution in [0.2, 0.25) is 0 Å². The Morgan fingerprint density at radius 1 is 0.913 bits per heavy atom. The van der Waals surface area contributed by atoms with Crippen LogP contribution in [0.25, 0.3) is 0 Å². The summed E-state index contributed by atoms with van der Waals surface area (Å²) in [5.74, 6) is 1.79. The van der Waals surface area contributed by atoms with E-state index in [1.165, 1.54) is 17.5 Å². The molecule has 114 valence electrons. The zero-order chi connectivity index (χ0) is 15.4. The second-order valence-electron chi connectivity index (χ2n) is 6.97. The minimum atomic E-state index is 0.201. The van der Waals surface area contributed by atoms with Gasteiger partial charge in [-0.3, -0.25) is 4.79 Å². The molecule has 3 aliphatic rings. The summed E-state index contributed by atoms with van der Waals surface area (Å²) in [6.45, 7) is 0.715. The van der Waals surface area contributed by atoms with E-state index in [0.29, 0.717) is 30.3 Å². The summed E-state index contributed by atoms with van der Waals surface area (Å²) in [6.07, 6.45) is 5.91. The Morgan fingerprint density at radius 3 is 2.52 bits per heavy atom. The predicted octanol–water partition coefficient (Wildman–Crippen LogP) is 4.00. The van der Waals surface area contributed by atoms with Crippen molar-refractivity contribution >= 4 is 5.91 Å². The molecule has 1 amide bonds. The van der Waals surface area contributed by atoms with Crippen molar-refractivity contribution in [1.29, 1.82) is 0 Å². The first kappa shape index (κ1) is 13.1. The summed E-state index contributed by atoms with van der Waals surface area (Å²) in [5.41, 5.74) is 3.39. The second kappa shape index (κ2) is 4.82. The molecular formula is C21H19NO. The first-order chi connectivity index (χ1) is 11.3. The topological polar surface area (TPSA) is 20.3 Å². The van der Waals surface area contributed by atoms with Gasteiger partial charge in [0.05, 0.1) is 0 Å². The number of hydrogen-bond donors (Lipinski definition) is 0. The Labute approximate surface area is 136 Å². The van der Waals surface area contributed by atoms with Crippen molar-refractivity contribution in [3.05, 3.63) is 83.4 Å². The summed E-state index contributed by atoms with van der Waals surface area (Å²) < 4.78 is 0. The molecule has 2 nitrogen and oxygen atoms in total. The third kappa shape index (κ3) is 1.84. The fraction of sp³-hybridized carbons (Fsp3) is 0.286. The molecule has 2 bridgehead atoms. The molecule has 2 aromatic carbocycles. The quantitative estimate of drug-likeness (QED) is 0.768. The van der Waals surface area contributed by atoms with Crippen LogP contribution in [0.3, 0.4) is 0 Å². The molecule has 23 heavy (non-hydrogen) atoms. The highest BCUT2D eigenvalue weighted by Crippen LogP contribution is 2.54. The van der Waals surface area contributed by atoms with E-state index in [2.05, 4.69) is 53.5 Å². The van der Waals surface area contributed by atoms with Gasteiger partial charge in [0.1, 0.15) is 0 Å². The monoisotopic (exact) mass is 301 g/mol. The van der Waals surface area contributed by atoms with Gasteiger partial charge in [0, 0.05) is 24.1 Å². The van der Waals surface area contributed by atoms with Crippen LogP contribution in [0, 0.1) is 11.8 Å². The molecule has 1 aliphatic heterocycles. The van der Waals surface area contributed by atoms with E-state index in [1.807, 2.05) is 18.2 Å². The molecule has 2 aromatic rings. The highest BCUT2D eigenvalue weighted by Gasteiger charge is 2.52. The zero-order valence-corrected chi connectivity index (χ0v) is 12.9. The lowest BCUT2D eigenvalue weighted by Crippen LogP contribution is -2.49. The molecule has 0 N–H and O–H groups in total. The maximum Gasteiger partial charge on any atom is 0.254 e. The van der Waals surface area contributed by atoms with Gasteiger partial charge in [-0.1, -0.05) is 60.7 Å². The van der Waals surface area contributed by atoms with Gasteiger partial charge < -0.3 is 4.90 Å². The lowest BCUT2D eigenvalue weighted by molar-refractivity contribution is 0.0569. The molecule has 0 saturated heterocycles. The lowest BCUT2D eigenvalue weighted by Gasteiger charge is -2.43. The van der Waals surface area contributed by atoms with E-state index < -0.39 is 0 Å². The van der Waals surface area contributed by atoms with Crippen molar-refractivity contribution in [2.45, 2.75) is 24.9 Å². The molecular weight excluding hydrogens is 282 g/mol. The van der Waals surface area contributed by atoms with Crippen molar-refractivity contribution in [1.82, 2.24) is 4.90 Å². The highest BCUT2D eigenvalue weighted by atomic mass is 16.2. The van der Waals surface area contributed by atoms with E-state index in [1.54, 1.807) is 0 Å². The number of benzene rings is 2. The van der Waals surface area contributed by atoms with Gasteiger partial charge in [-0.25, -0.2) is 0 Å². The fourth-order valence-electron chi connectivity index (χ4n) is 4.87. The van der Waals surface area contributed by atoms with Crippen LogP contribution in [0.1, 0.15) is 33.8 Å². The number of fused-ring (bicyclic) bond motifs is 7. The Kier molecular flexibility index (Phi) is 2.75. The summed E-state index contributed by atoms with van der Waals surface area (Å²) >= 11 is 0. The van der Waals surface area contributed by atoms with Crippen LogP contribution >= 0.6 is 0 Å². The molecule has 0 aromatic heterocycles. The van der Waals surface area contributed by atoms with Gasteiger partial charge >= 0.3 is 0 Å². The summed E-state index contributed by atoms with van der Waals surface area (Å²) in [5, 5.41) is 0. The lowest BCUT2D eigenvalue weighted by atomic mass is 9.77. The molecule has 2 aliphatic carbocycles. The van der Waals surface area contributed by atoms with Crippen LogP contribution < -0.4 is 0 Å². The average molecular weight is 301 g/mol.